The number of nitrogens with zero attached hydrogens (tertiary/aromatic N) is 4. The molecular formula is C15H23N5O3. The van der Waals surface area contributed by atoms with Crippen LogP contribution in [-0.4, -0.2) is 77.3 Å². The van der Waals surface area contributed by atoms with Crippen molar-refractivity contribution in [1.82, 2.24) is 24.9 Å². The summed E-state index contributed by atoms with van der Waals surface area (Å²) in [4.78, 5) is 27.8. The summed E-state index contributed by atoms with van der Waals surface area (Å²) in [5.74, 6) is -0.0495. The van der Waals surface area contributed by atoms with Gasteiger partial charge < -0.3 is 19.9 Å². The summed E-state index contributed by atoms with van der Waals surface area (Å²) in [6.07, 6.45) is 3.68. The average Bonchev–Trinajstić information content (AvgIpc) is 2.97. The SMILES string of the molecule is Cn1cc(C2(C)CN(C(=O)CN3CCNCC3=O)CCO2)cn1. The highest BCUT2D eigenvalue weighted by molar-refractivity contribution is 5.86. The molecule has 0 saturated carbocycles. The molecule has 0 radical (unpaired) electrons. The second-order valence-corrected chi connectivity index (χ2v) is 6.29. The largest absolute Gasteiger partial charge is 0.367 e. The van der Waals surface area contributed by atoms with Crippen LogP contribution in [0.15, 0.2) is 12.4 Å². The number of rotatable bonds is 3. The molecular weight excluding hydrogens is 298 g/mol. The molecule has 23 heavy (non-hydrogen) atoms. The minimum absolute atomic E-state index is 0.0205. The lowest BCUT2D eigenvalue weighted by Gasteiger charge is -2.41. The third-order valence-corrected chi connectivity index (χ3v) is 4.46. The quantitative estimate of drug-likeness (QED) is 0.766. The molecule has 2 aliphatic heterocycles. The van der Waals surface area contributed by atoms with Crippen molar-refractivity contribution in [3.05, 3.63) is 18.0 Å². The fraction of sp³-hybridized carbons (Fsp3) is 0.667. The number of carbonyl (C=O) groups is 2. The van der Waals surface area contributed by atoms with Crippen LogP contribution in [0, 0.1) is 0 Å². The van der Waals surface area contributed by atoms with Gasteiger partial charge in [0.2, 0.25) is 11.8 Å². The zero-order chi connectivity index (χ0) is 16.4. The van der Waals surface area contributed by atoms with Crippen molar-refractivity contribution in [2.75, 3.05) is 45.9 Å². The molecule has 2 aliphatic rings. The summed E-state index contributed by atoms with van der Waals surface area (Å²) >= 11 is 0. The second kappa shape index (κ2) is 6.29. The van der Waals surface area contributed by atoms with Crippen LogP contribution < -0.4 is 5.32 Å². The van der Waals surface area contributed by atoms with Crippen LogP contribution in [-0.2, 0) is 27.0 Å². The van der Waals surface area contributed by atoms with Crippen LogP contribution in [0.1, 0.15) is 12.5 Å². The molecule has 1 aromatic heterocycles. The maximum Gasteiger partial charge on any atom is 0.242 e. The highest BCUT2D eigenvalue weighted by atomic mass is 16.5. The van der Waals surface area contributed by atoms with E-state index in [4.69, 9.17) is 4.74 Å². The predicted molar refractivity (Wildman–Crippen MR) is 82.5 cm³/mol. The molecule has 0 spiro atoms. The first-order valence-corrected chi connectivity index (χ1v) is 7.87. The Morgan fingerprint density at radius 1 is 1.48 bits per heavy atom. The number of hydrogen-bond acceptors (Lipinski definition) is 5. The molecule has 1 atom stereocenters. The number of nitrogens with one attached hydrogen (secondary N) is 1. The highest BCUT2D eigenvalue weighted by Gasteiger charge is 2.37. The van der Waals surface area contributed by atoms with Crippen LogP contribution in [0.4, 0.5) is 0 Å². The molecule has 1 N–H and O–H groups in total. The Morgan fingerprint density at radius 3 is 3.00 bits per heavy atom. The van der Waals surface area contributed by atoms with Gasteiger partial charge in [0.05, 0.1) is 32.4 Å². The van der Waals surface area contributed by atoms with Crippen molar-refractivity contribution in [3.63, 3.8) is 0 Å². The zero-order valence-corrected chi connectivity index (χ0v) is 13.6. The third kappa shape index (κ3) is 3.37. The van der Waals surface area contributed by atoms with Gasteiger partial charge >= 0.3 is 0 Å². The fourth-order valence-electron chi connectivity index (χ4n) is 3.03. The molecule has 8 heteroatoms. The molecule has 1 unspecified atom stereocenters. The minimum atomic E-state index is -0.560. The van der Waals surface area contributed by atoms with Gasteiger partial charge in [-0.05, 0) is 6.92 Å². The lowest BCUT2D eigenvalue weighted by atomic mass is 9.97. The number of morpholine rings is 1. The van der Waals surface area contributed by atoms with Crippen LogP contribution in [0.25, 0.3) is 0 Å². The van der Waals surface area contributed by atoms with E-state index >= 15 is 0 Å². The van der Waals surface area contributed by atoms with E-state index < -0.39 is 5.60 Å². The number of ether oxygens (including phenoxy) is 1. The van der Waals surface area contributed by atoms with Gasteiger partial charge in [-0.1, -0.05) is 0 Å². The average molecular weight is 321 g/mol. The van der Waals surface area contributed by atoms with Gasteiger partial charge in [-0.3, -0.25) is 14.3 Å². The molecule has 3 heterocycles. The van der Waals surface area contributed by atoms with Gasteiger partial charge in [0.15, 0.2) is 0 Å². The van der Waals surface area contributed by atoms with Gasteiger partial charge in [-0.2, -0.15) is 5.10 Å². The van der Waals surface area contributed by atoms with Gasteiger partial charge in [-0.25, -0.2) is 0 Å². The smallest absolute Gasteiger partial charge is 0.242 e. The van der Waals surface area contributed by atoms with E-state index in [9.17, 15) is 9.59 Å². The third-order valence-electron chi connectivity index (χ3n) is 4.46. The number of piperazine rings is 1. The summed E-state index contributed by atoms with van der Waals surface area (Å²) in [6.45, 7) is 5.23. The lowest BCUT2D eigenvalue weighted by Crippen LogP contribution is -2.55. The van der Waals surface area contributed by atoms with Crippen molar-refractivity contribution in [3.8, 4) is 0 Å². The molecule has 0 bridgehead atoms. The number of aromatic nitrogens is 2. The minimum Gasteiger partial charge on any atom is -0.367 e. The number of amides is 2. The molecule has 8 nitrogen and oxygen atoms in total. The van der Waals surface area contributed by atoms with E-state index in [-0.39, 0.29) is 18.4 Å². The Balaban J connectivity index is 1.65. The summed E-state index contributed by atoms with van der Waals surface area (Å²) in [5, 5.41) is 7.19. The van der Waals surface area contributed by atoms with Gasteiger partial charge in [0.1, 0.15) is 5.60 Å². The van der Waals surface area contributed by atoms with Gasteiger partial charge in [0, 0.05) is 38.4 Å². The highest BCUT2D eigenvalue weighted by Crippen LogP contribution is 2.29. The lowest BCUT2D eigenvalue weighted by molar-refractivity contribution is -0.153. The maximum atomic E-state index is 12.6. The van der Waals surface area contributed by atoms with Crippen LogP contribution >= 0.6 is 0 Å². The topological polar surface area (TPSA) is 79.7 Å². The molecule has 3 rings (SSSR count). The molecule has 0 aliphatic carbocycles. The maximum absolute atomic E-state index is 12.6. The van der Waals surface area contributed by atoms with Crippen molar-refractivity contribution < 1.29 is 14.3 Å². The first kappa shape index (κ1) is 15.9. The van der Waals surface area contributed by atoms with Crippen LogP contribution in [0.5, 0.6) is 0 Å². The molecule has 2 amide bonds. The van der Waals surface area contributed by atoms with E-state index in [0.717, 1.165) is 12.1 Å². The number of hydrogen-bond donors (Lipinski definition) is 1. The van der Waals surface area contributed by atoms with E-state index in [0.29, 0.717) is 32.8 Å². The Morgan fingerprint density at radius 2 is 2.30 bits per heavy atom. The van der Waals surface area contributed by atoms with Crippen molar-refractivity contribution in [2.24, 2.45) is 7.05 Å². The number of carbonyl (C=O) groups excluding carboxylic acids is 2. The summed E-state index contributed by atoms with van der Waals surface area (Å²) < 4.78 is 7.64. The first-order valence-electron chi connectivity index (χ1n) is 7.87. The molecule has 126 valence electrons. The van der Waals surface area contributed by atoms with Gasteiger partial charge in [-0.15, -0.1) is 0 Å². The number of aryl methyl sites for hydroxylation is 1. The van der Waals surface area contributed by atoms with E-state index in [1.54, 1.807) is 20.7 Å². The fourth-order valence-corrected chi connectivity index (χ4v) is 3.03. The van der Waals surface area contributed by atoms with Gasteiger partial charge in [0.25, 0.3) is 0 Å². The van der Waals surface area contributed by atoms with Crippen LogP contribution in [0.3, 0.4) is 0 Å². The zero-order valence-electron chi connectivity index (χ0n) is 13.6. The van der Waals surface area contributed by atoms with Crippen molar-refractivity contribution in [1.29, 1.82) is 0 Å². The Kier molecular flexibility index (Phi) is 4.36. The van der Waals surface area contributed by atoms with E-state index in [1.807, 2.05) is 20.2 Å². The molecule has 2 fully saturated rings. The molecule has 1 aromatic rings. The Hall–Kier alpha value is -1.93. The van der Waals surface area contributed by atoms with E-state index in [2.05, 4.69) is 10.4 Å². The van der Waals surface area contributed by atoms with Crippen molar-refractivity contribution >= 4 is 11.8 Å². The summed E-state index contributed by atoms with van der Waals surface area (Å²) in [6, 6.07) is 0. The van der Waals surface area contributed by atoms with Crippen molar-refractivity contribution in [2.45, 2.75) is 12.5 Å². The van der Waals surface area contributed by atoms with E-state index in [1.165, 1.54) is 0 Å². The van der Waals surface area contributed by atoms with Crippen LogP contribution in [0.2, 0.25) is 0 Å². The predicted octanol–water partition coefficient (Wildman–Crippen LogP) is -1.07. The monoisotopic (exact) mass is 321 g/mol. The molecule has 0 aromatic carbocycles. The summed E-state index contributed by atoms with van der Waals surface area (Å²) in [5.41, 5.74) is 0.395. The normalized spacial score (nSPS) is 25.7. The first-order chi connectivity index (χ1) is 11.0. The second-order valence-electron chi connectivity index (χ2n) is 6.29. The summed E-state index contributed by atoms with van der Waals surface area (Å²) in [7, 11) is 1.86. The molecule has 2 saturated heterocycles. The Bertz CT molecular complexity index is 602. The standard InChI is InChI=1S/C15H23N5O3/c1-15(12-7-17-18(2)9-12)11-20(5-6-23-15)14(22)10-19-4-3-16-8-13(19)21/h7,9,16H,3-6,8,10-11H2,1-2H3. The Labute approximate surface area is 135 Å².